The Kier molecular flexibility index (Phi) is 6.04. The third-order valence-corrected chi connectivity index (χ3v) is 2.32. The molecule has 0 aliphatic carbocycles. The van der Waals surface area contributed by atoms with Crippen LogP contribution in [-0.4, -0.2) is 19.7 Å². The number of benzene rings is 1. The van der Waals surface area contributed by atoms with Gasteiger partial charge in [-0.15, -0.1) is 0 Å². The Morgan fingerprint density at radius 2 is 2.06 bits per heavy atom. The van der Waals surface area contributed by atoms with E-state index in [1.165, 1.54) is 0 Å². The summed E-state index contributed by atoms with van der Waals surface area (Å²) in [6, 6.07) is 9.88. The topological polar surface area (TPSA) is 35.5 Å². The van der Waals surface area contributed by atoms with Crippen molar-refractivity contribution in [3.8, 4) is 0 Å². The highest BCUT2D eigenvalue weighted by atomic mass is 16.5. The Bertz CT molecular complexity index is 357. The van der Waals surface area contributed by atoms with Crippen LogP contribution in [-0.2, 0) is 14.3 Å². The monoisotopic (exact) mass is 234 g/mol. The summed E-state index contributed by atoms with van der Waals surface area (Å²) in [6.45, 7) is 2.06. The van der Waals surface area contributed by atoms with Gasteiger partial charge >= 0.3 is 5.97 Å². The standard InChI is InChI=1S/C14H18O3/c1-3-14(15)17-11-7-10-13(16-2)12-8-5-4-6-9-12/h4-10,13H,3,11H2,1-2H3/b10-7+. The maximum absolute atomic E-state index is 10.9. The fraction of sp³-hybridized carbons (Fsp3) is 0.357. The van der Waals surface area contributed by atoms with E-state index in [-0.39, 0.29) is 12.1 Å². The Morgan fingerprint density at radius 1 is 1.35 bits per heavy atom. The van der Waals surface area contributed by atoms with E-state index in [0.717, 1.165) is 5.56 Å². The second kappa shape index (κ2) is 7.63. The number of hydrogen-bond donors (Lipinski definition) is 0. The summed E-state index contributed by atoms with van der Waals surface area (Å²) in [5.41, 5.74) is 1.08. The SMILES string of the molecule is CCC(=O)OC/C=C/C(OC)c1ccccc1. The molecule has 1 unspecified atom stereocenters. The molecule has 1 atom stereocenters. The molecule has 1 rings (SSSR count). The first-order chi connectivity index (χ1) is 8.27. The predicted molar refractivity (Wildman–Crippen MR) is 66.6 cm³/mol. The number of carbonyl (C=O) groups is 1. The molecule has 0 amide bonds. The molecule has 3 heteroatoms. The van der Waals surface area contributed by atoms with E-state index in [4.69, 9.17) is 9.47 Å². The maximum Gasteiger partial charge on any atom is 0.305 e. The van der Waals surface area contributed by atoms with Crippen LogP contribution >= 0.6 is 0 Å². The lowest BCUT2D eigenvalue weighted by molar-refractivity contribution is -0.141. The molecule has 0 N–H and O–H groups in total. The number of carbonyl (C=O) groups excluding carboxylic acids is 1. The molecular weight excluding hydrogens is 216 g/mol. The first kappa shape index (κ1) is 13.5. The lowest BCUT2D eigenvalue weighted by Crippen LogP contribution is -2.03. The molecule has 0 aliphatic heterocycles. The van der Waals surface area contributed by atoms with Crippen LogP contribution in [0.3, 0.4) is 0 Å². The first-order valence-corrected chi connectivity index (χ1v) is 5.68. The minimum atomic E-state index is -0.191. The minimum absolute atomic E-state index is 0.100. The van der Waals surface area contributed by atoms with Gasteiger partial charge in [0.15, 0.2) is 0 Å². The highest BCUT2D eigenvalue weighted by Gasteiger charge is 2.04. The normalized spacial score (nSPS) is 12.6. The van der Waals surface area contributed by atoms with Crippen molar-refractivity contribution in [3.63, 3.8) is 0 Å². The van der Waals surface area contributed by atoms with Gasteiger partial charge in [-0.05, 0) is 11.6 Å². The molecule has 0 saturated heterocycles. The molecule has 92 valence electrons. The number of rotatable bonds is 6. The van der Waals surface area contributed by atoms with E-state index in [1.54, 1.807) is 20.1 Å². The predicted octanol–water partition coefficient (Wildman–Crippen LogP) is 2.88. The summed E-state index contributed by atoms with van der Waals surface area (Å²) in [6.07, 6.45) is 3.99. The van der Waals surface area contributed by atoms with Gasteiger partial charge in [-0.2, -0.15) is 0 Å². The fourth-order valence-corrected chi connectivity index (χ4v) is 1.39. The Hall–Kier alpha value is -1.61. The molecule has 1 aromatic carbocycles. The molecule has 1 aromatic rings. The molecule has 0 aromatic heterocycles. The van der Waals surface area contributed by atoms with Crippen molar-refractivity contribution in [2.24, 2.45) is 0 Å². The Morgan fingerprint density at radius 3 is 2.65 bits per heavy atom. The summed E-state index contributed by atoms with van der Waals surface area (Å²) < 4.78 is 10.3. The minimum Gasteiger partial charge on any atom is -0.461 e. The van der Waals surface area contributed by atoms with Crippen molar-refractivity contribution in [1.82, 2.24) is 0 Å². The van der Waals surface area contributed by atoms with Gasteiger partial charge in [-0.3, -0.25) is 4.79 Å². The largest absolute Gasteiger partial charge is 0.461 e. The van der Waals surface area contributed by atoms with Crippen LogP contribution in [0, 0.1) is 0 Å². The van der Waals surface area contributed by atoms with Gasteiger partial charge in [0.2, 0.25) is 0 Å². The Labute approximate surface area is 102 Å². The smallest absolute Gasteiger partial charge is 0.305 e. The molecule has 0 saturated carbocycles. The molecule has 0 bridgehead atoms. The molecule has 0 heterocycles. The van der Waals surface area contributed by atoms with Crippen LogP contribution in [0.25, 0.3) is 0 Å². The lowest BCUT2D eigenvalue weighted by Gasteiger charge is -2.10. The summed E-state index contributed by atoms with van der Waals surface area (Å²) in [7, 11) is 1.65. The molecule has 0 spiro atoms. The van der Waals surface area contributed by atoms with Crippen molar-refractivity contribution in [2.45, 2.75) is 19.4 Å². The van der Waals surface area contributed by atoms with Crippen LogP contribution in [0.1, 0.15) is 25.0 Å². The quantitative estimate of drug-likeness (QED) is 0.561. The van der Waals surface area contributed by atoms with Crippen LogP contribution in [0.5, 0.6) is 0 Å². The molecule has 0 aliphatic rings. The van der Waals surface area contributed by atoms with E-state index in [0.29, 0.717) is 13.0 Å². The van der Waals surface area contributed by atoms with Crippen LogP contribution in [0.2, 0.25) is 0 Å². The van der Waals surface area contributed by atoms with Crippen molar-refractivity contribution < 1.29 is 14.3 Å². The van der Waals surface area contributed by atoms with Crippen LogP contribution in [0.4, 0.5) is 0 Å². The maximum atomic E-state index is 10.9. The van der Waals surface area contributed by atoms with Crippen LogP contribution in [0.15, 0.2) is 42.5 Å². The van der Waals surface area contributed by atoms with Gasteiger partial charge in [0.05, 0.1) is 0 Å². The van der Waals surface area contributed by atoms with Crippen molar-refractivity contribution >= 4 is 5.97 Å². The van der Waals surface area contributed by atoms with Crippen molar-refractivity contribution in [1.29, 1.82) is 0 Å². The number of esters is 1. The fourth-order valence-electron chi connectivity index (χ4n) is 1.39. The number of ether oxygens (including phenoxy) is 2. The summed E-state index contributed by atoms with van der Waals surface area (Å²) >= 11 is 0. The second-order valence-corrected chi connectivity index (χ2v) is 3.53. The lowest BCUT2D eigenvalue weighted by atomic mass is 10.1. The molecule has 17 heavy (non-hydrogen) atoms. The van der Waals surface area contributed by atoms with Gasteiger partial charge in [0.1, 0.15) is 12.7 Å². The third kappa shape index (κ3) is 4.83. The van der Waals surface area contributed by atoms with E-state index in [2.05, 4.69) is 0 Å². The van der Waals surface area contributed by atoms with E-state index < -0.39 is 0 Å². The summed E-state index contributed by atoms with van der Waals surface area (Å²) in [5.74, 6) is -0.191. The molecule has 3 nitrogen and oxygen atoms in total. The van der Waals surface area contributed by atoms with Gasteiger partial charge in [0, 0.05) is 13.5 Å². The highest BCUT2D eigenvalue weighted by molar-refractivity contribution is 5.68. The zero-order valence-electron chi connectivity index (χ0n) is 10.3. The molecular formula is C14H18O3. The summed E-state index contributed by atoms with van der Waals surface area (Å²) in [4.78, 5) is 10.9. The average Bonchev–Trinajstić information content (AvgIpc) is 2.39. The van der Waals surface area contributed by atoms with Crippen molar-refractivity contribution in [3.05, 3.63) is 48.0 Å². The van der Waals surface area contributed by atoms with E-state index in [9.17, 15) is 4.79 Å². The number of methoxy groups -OCH3 is 1. The zero-order valence-corrected chi connectivity index (χ0v) is 10.3. The van der Waals surface area contributed by atoms with Gasteiger partial charge in [0.25, 0.3) is 0 Å². The van der Waals surface area contributed by atoms with E-state index >= 15 is 0 Å². The van der Waals surface area contributed by atoms with Gasteiger partial charge in [-0.1, -0.05) is 43.3 Å². The van der Waals surface area contributed by atoms with Crippen molar-refractivity contribution in [2.75, 3.05) is 13.7 Å². The second-order valence-electron chi connectivity index (χ2n) is 3.53. The summed E-state index contributed by atoms with van der Waals surface area (Å²) in [5, 5.41) is 0. The van der Waals surface area contributed by atoms with Gasteiger partial charge in [-0.25, -0.2) is 0 Å². The Balaban J connectivity index is 2.47. The van der Waals surface area contributed by atoms with E-state index in [1.807, 2.05) is 36.4 Å². The van der Waals surface area contributed by atoms with Gasteiger partial charge < -0.3 is 9.47 Å². The highest BCUT2D eigenvalue weighted by Crippen LogP contribution is 2.17. The number of hydrogen-bond acceptors (Lipinski definition) is 3. The third-order valence-electron chi connectivity index (χ3n) is 2.32. The molecule has 0 fully saturated rings. The molecule has 0 radical (unpaired) electrons. The average molecular weight is 234 g/mol. The van der Waals surface area contributed by atoms with Crippen LogP contribution < -0.4 is 0 Å². The zero-order chi connectivity index (χ0) is 12.5. The first-order valence-electron chi connectivity index (χ1n) is 5.68.